The largest absolute Gasteiger partial charge is 0.466 e. The second kappa shape index (κ2) is 12.5. The third-order valence-electron chi connectivity index (χ3n) is 9.09. The van der Waals surface area contributed by atoms with Gasteiger partial charge in [0.15, 0.2) is 0 Å². The van der Waals surface area contributed by atoms with Gasteiger partial charge in [-0.2, -0.15) is 0 Å². The van der Waals surface area contributed by atoms with E-state index >= 15 is 0 Å². The third-order valence-corrected chi connectivity index (χ3v) is 11.0. The number of amides is 2. The standard InChI is InChI=1S/C33H41N3O5S/c1-5-20-35(24-16-14-23(15-17-24)34(6-2)7-3)31(39)29-33-19-18-26(42-33)27(32(40)41-8-4)28(33)30(38)36(29)25(21-37)22-12-10-9-11-13-22/h5,9-17,25-29,37H,1,6-8,18-21H2,2-4H3/t25-,26+,27-,28+,29?,33?/m1/s1. The summed E-state index contributed by atoms with van der Waals surface area (Å²) in [6.45, 7) is 11.8. The molecule has 3 heterocycles. The Hall–Kier alpha value is -3.30. The number of hydrogen-bond donors (Lipinski definition) is 1. The lowest BCUT2D eigenvalue weighted by Crippen LogP contribution is -2.56. The first-order valence-electron chi connectivity index (χ1n) is 15.0. The van der Waals surface area contributed by atoms with E-state index in [9.17, 15) is 19.5 Å². The van der Waals surface area contributed by atoms with Crippen LogP contribution in [-0.2, 0) is 19.1 Å². The molecule has 1 spiro atoms. The molecule has 9 heteroatoms. The first kappa shape index (κ1) is 30.2. The molecule has 2 unspecified atom stereocenters. The fraction of sp³-hybridized carbons (Fsp3) is 0.485. The minimum absolute atomic E-state index is 0.0824. The van der Waals surface area contributed by atoms with Gasteiger partial charge in [-0.05, 0) is 63.4 Å². The molecule has 2 bridgehead atoms. The Morgan fingerprint density at radius 3 is 2.38 bits per heavy atom. The predicted molar refractivity (Wildman–Crippen MR) is 166 cm³/mol. The predicted octanol–water partition coefficient (Wildman–Crippen LogP) is 4.44. The zero-order valence-electron chi connectivity index (χ0n) is 24.6. The van der Waals surface area contributed by atoms with Crippen LogP contribution in [0.3, 0.4) is 0 Å². The number of esters is 1. The van der Waals surface area contributed by atoms with Crippen molar-refractivity contribution < 1.29 is 24.2 Å². The van der Waals surface area contributed by atoms with Crippen LogP contribution in [0.25, 0.3) is 0 Å². The Morgan fingerprint density at radius 1 is 1.12 bits per heavy atom. The molecule has 42 heavy (non-hydrogen) atoms. The van der Waals surface area contributed by atoms with Crippen molar-refractivity contribution in [2.75, 3.05) is 42.6 Å². The first-order chi connectivity index (χ1) is 20.4. The average Bonchev–Trinajstić information content (AvgIpc) is 3.65. The zero-order valence-corrected chi connectivity index (χ0v) is 25.5. The number of fused-ring (bicyclic) bond motifs is 1. The van der Waals surface area contributed by atoms with Gasteiger partial charge in [-0.25, -0.2) is 0 Å². The lowest BCUT2D eigenvalue weighted by atomic mass is 9.71. The van der Waals surface area contributed by atoms with Crippen molar-refractivity contribution in [2.45, 2.75) is 55.7 Å². The van der Waals surface area contributed by atoms with Gasteiger partial charge in [-0.3, -0.25) is 14.4 Å². The van der Waals surface area contributed by atoms with Gasteiger partial charge < -0.3 is 24.5 Å². The van der Waals surface area contributed by atoms with Crippen molar-refractivity contribution in [1.82, 2.24) is 4.90 Å². The molecule has 0 radical (unpaired) electrons. The fourth-order valence-corrected chi connectivity index (χ4v) is 9.46. The van der Waals surface area contributed by atoms with Crippen molar-refractivity contribution in [2.24, 2.45) is 11.8 Å². The van der Waals surface area contributed by atoms with Crippen LogP contribution in [0.5, 0.6) is 0 Å². The number of benzene rings is 2. The Balaban J connectivity index is 1.60. The van der Waals surface area contributed by atoms with Crippen LogP contribution in [-0.4, -0.2) is 76.7 Å². The van der Waals surface area contributed by atoms with Crippen LogP contribution in [0.2, 0.25) is 0 Å². The molecule has 3 fully saturated rings. The maximum atomic E-state index is 14.9. The molecule has 224 valence electrons. The Morgan fingerprint density at radius 2 is 1.79 bits per heavy atom. The number of anilines is 2. The van der Waals surface area contributed by atoms with Crippen molar-refractivity contribution >= 4 is 40.9 Å². The highest BCUT2D eigenvalue weighted by molar-refractivity contribution is 8.02. The smallest absolute Gasteiger partial charge is 0.310 e. The van der Waals surface area contributed by atoms with E-state index in [0.717, 1.165) is 30.8 Å². The van der Waals surface area contributed by atoms with E-state index in [1.165, 1.54) is 0 Å². The molecule has 2 aromatic rings. The molecular formula is C33H41N3O5S. The van der Waals surface area contributed by atoms with Crippen LogP contribution >= 0.6 is 11.8 Å². The molecule has 8 nitrogen and oxygen atoms in total. The zero-order chi connectivity index (χ0) is 30.0. The summed E-state index contributed by atoms with van der Waals surface area (Å²) < 4.78 is 4.66. The summed E-state index contributed by atoms with van der Waals surface area (Å²) in [6.07, 6.45) is 3.05. The summed E-state index contributed by atoms with van der Waals surface area (Å²) in [7, 11) is 0. The number of carbonyl (C=O) groups is 3. The van der Waals surface area contributed by atoms with Crippen LogP contribution in [0.1, 0.15) is 45.2 Å². The molecular weight excluding hydrogens is 550 g/mol. The van der Waals surface area contributed by atoms with Crippen LogP contribution in [0.15, 0.2) is 67.3 Å². The average molecular weight is 592 g/mol. The Bertz CT molecular complexity index is 1300. The van der Waals surface area contributed by atoms with Crippen LogP contribution < -0.4 is 9.80 Å². The van der Waals surface area contributed by atoms with Gasteiger partial charge in [0.1, 0.15) is 6.04 Å². The first-order valence-corrected chi connectivity index (χ1v) is 15.8. The van der Waals surface area contributed by atoms with Gasteiger partial charge in [0.05, 0.1) is 35.8 Å². The van der Waals surface area contributed by atoms with Crippen molar-refractivity contribution in [3.63, 3.8) is 0 Å². The minimum atomic E-state index is -0.871. The monoisotopic (exact) mass is 591 g/mol. The number of aliphatic hydroxyl groups excluding tert-OH is 1. The van der Waals surface area contributed by atoms with E-state index in [1.807, 2.05) is 54.6 Å². The molecule has 2 aromatic carbocycles. The minimum Gasteiger partial charge on any atom is -0.466 e. The van der Waals surface area contributed by atoms with E-state index in [0.29, 0.717) is 12.1 Å². The van der Waals surface area contributed by atoms with Crippen molar-refractivity contribution in [3.05, 3.63) is 72.8 Å². The van der Waals surface area contributed by atoms with E-state index in [-0.39, 0.29) is 42.8 Å². The molecule has 3 saturated heterocycles. The van der Waals surface area contributed by atoms with E-state index in [4.69, 9.17) is 4.74 Å². The Kier molecular flexibility index (Phi) is 8.99. The van der Waals surface area contributed by atoms with E-state index in [1.54, 1.807) is 34.6 Å². The SMILES string of the molecule is C=CCN(C(=O)C1N([C@H](CO)c2ccccc2)C(=O)[C@@H]2[C@H](C(=O)OCC)[C@@H]3CCC12S3)c1ccc(N(CC)CC)cc1. The second-order valence-electron chi connectivity index (χ2n) is 11.1. The lowest BCUT2D eigenvalue weighted by Gasteiger charge is -2.39. The number of rotatable bonds is 12. The molecule has 0 aromatic heterocycles. The maximum Gasteiger partial charge on any atom is 0.310 e. The molecule has 0 saturated carbocycles. The van der Waals surface area contributed by atoms with E-state index < -0.39 is 28.7 Å². The summed E-state index contributed by atoms with van der Waals surface area (Å²) in [5.74, 6) is -2.18. The summed E-state index contributed by atoms with van der Waals surface area (Å²) in [5, 5.41) is 10.6. The normalized spacial score (nSPS) is 26.6. The molecule has 6 atom stereocenters. The number of thioether (sulfide) groups is 1. The molecule has 0 aliphatic carbocycles. The van der Waals surface area contributed by atoms with Gasteiger partial charge >= 0.3 is 5.97 Å². The van der Waals surface area contributed by atoms with Gasteiger partial charge in [-0.1, -0.05) is 36.4 Å². The number of likely N-dealkylation sites (tertiary alicyclic amines) is 1. The van der Waals surface area contributed by atoms with Gasteiger partial charge in [0.25, 0.3) is 5.91 Å². The highest BCUT2D eigenvalue weighted by Crippen LogP contribution is 2.67. The summed E-state index contributed by atoms with van der Waals surface area (Å²) in [6, 6.07) is 15.6. The molecule has 3 aliphatic heterocycles. The number of hydrogen-bond acceptors (Lipinski definition) is 7. The number of nitrogens with zero attached hydrogens (tertiary/aromatic N) is 3. The summed E-state index contributed by atoms with van der Waals surface area (Å²) >= 11 is 1.60. The van der Waals surface area contributed by atoms with Gasteiger partial charge in [0, 0.05) is 36.3 Å². The van der Waals surface area contributed by atoms with Gasteiger partial charge in [-0.15, -0.1) is 18.3 Å². The fourth-order valence-electron chi connectivity index (χ4n) is 7.27. The number of carbonyl (C=O) groups excluding carboxylic acids is 3. The highest BCUT2D eigenvalue weighted by Gasteiger charge is 2.75. The third kappa shape index (κ3) is 4.90. The summed E-state index contributed by atoms with van der Waals surface area (Å²) in [4.78, 5) is 48.1. The number of ether oxygens (including phenoxy) is 1. The molecule has 1 N–H and O–H groups in total. The van der Waals surface area contributed by atoms with Crippen LogP contribution in [0, 0.1) is 11.8 Å². The molecule has 5 rings (SSSR count). The second-order valence-corrected chi connectivity index (χ2v) is 12.7. The van der Waals surface area contributed by atoms with Crippen LogP contribution in [0.4, 0.5) is 11.4 Å². The molecule has 3 aliphatic rings. The quantitative estimate of drug-likeness (QED) is 0.288. The maximum absolute atomic E-state index is 14.9. The lowest BCUT2D eigenvalue weighted by molar-refractivity contribution is -0.154. The Labute approximate surface area is 252 Å². The molecule has 2 amide bonds. The van der Waals surface area contributed by atoms with E-state index in [2.05, 4.69) is 25.3 Å². The summed E-state index contributed by atoms with van der Waals surface area (Å²) in [5.41, 5.74) is 2.52. The topological polar surface area (TPSA) is 90.4 Å². The number of aliphatic hydroxyl groups is 1. The van der Waals surface area contributed by atoms with Crippen molar-refractivity contribution in [3.8, 4) is 0 Å². The van der Waals surface area contributed by atoms with Crippen molar-refractivity contribution in [1.29, 1.82) is 0 Å². The van der Waals surface area contributed by atoms with Gasteiger partial charge in [0.2, 0.25) is 5.91 Å². The highest BCUT2D eigenvalue weighted by atomic mass is 32.2.